The molecule has 0 bridgehead atoms. The van der Waals surface area contributed by atoms with Crippen molar-refractivity contribution in [2.75, 3.05) is 33.4 Å². The fourth-order valence-corrected chi connectivity index (χ4v) is 5.81. The first-order valence-corrected chi connectivity index (χ1v) is 15.1. The zero-order valence-corrected chi connectivity index (χ0v) is 24.6. The van der Waals surface area contributed by atoms with E-state index in [1.165, 1.54) is 43.5 Å². The monoisotopic (exact) mass is 571 g/mol. The number of piperidine rings is 1. The van der Waals surface area contributed by atoms with E-state index in [2.05, 4.69) is 59.5 Å². The highest BCUT2D eigenvalue weighted by Crippen LogP contribution is 2.35. The van der Waals surface area contributed by atoms with E-state index in [9.17, 15) is 4.79 Å². The third-order valence-electron chi connectivity index (χ3n) is 8.13. The highest BCUT2D eigenvalue weighted by molar-refractivity contribution is 5.95. The Hall–Kier alpha value is -4.61. The quantitative estimate of drug-likeness (QED) is 0.125. The molecule has 5 nitrogen and oxygen atoms in total. The standard InChI is InChI=1S/C38H37NO4/c1-41-33-12-8-11-30(26-33)35-19-15-31-27-34(43-38(40)29-9-4-2-5-10-29)18-20-36(31)37(35)25-28-13-16-32(17-14-28)42-24-23-39-21-6-3-7-22-39/h2,4-5,8-20,26-27H,3,6-7,21-25H2,1H3. The summed E-state index contributed by atoms with van der Waals surface area (Å²) in [7, 11) is 1.69. The molecule has 1 fully saturated rings. The Bertz CT molecular complexity index is 1670. The van der Waals surface area contributed by atoms with E-state index in [0.717, 1.165) is 46.4 Å². The Morgan fingerprint density at radius 2 is 1.53 bits per heavy atom. The second-order valence-electron chi connectivity index (χ2n) is 11.0. The maximum Gasteiger partial charge on any atom is 0.343 e. The minimum absolute atomic E-state index is 0.369. The lowest BCUT2D eigenvalue weighted by Crippen LogP contribution is -2.33. The molecule has 0 radical (unpaired) electrons. The number of benzene rings is 5. The number of nitrogens with zero attached hydrogens (tertiary/aromatic N) is 1. The molecule has 43 heavy (non-hydrogen) atoms. The Balaban J connectivity index is 1.26. The van der Waals surface area contributed by atoms with Gasteiger partial charge in [-0.1, -0.05) is 67.1 Å². The predicted molar refractivity (Wildman–Crippen MR) is 172 cm³/mol. The van der Waals surface area contributed by atoms with Crippen molar-refractivity contribution in [3.05, 3.63) is 126 Å². The van der Waals surface area contributed by atoms with Gasteiger partial charge in [0.05, 0.1) is 12.7 Å². The molecule has 1 aliphatic heterocycles. The summed E-state index contributed by atoms with van der Waals surface area (Å²) in [6, 6.07) is 35.8. The number of esters is 1. The van der Waals surface area contributed by atoms with Gasteiger partial charge in [-0.05, 0) is 114 Å². The number of ether oxygens (including phenoxy) is 3. The van der Waals surface area contributed by atoms with E-state index >= 15 is 0 Å². The van der Waals surface area contributed by atoms with Crippen molar-refractivity contribution in [2.45, 2.75) is 25.7 Å². The largest absolute Gasteiger partial charge is 0.497 e. The molecular weight excluding hydrogens is 534 g/mol. The van der Waals surface area contributed by atoms with Crippen LogP contribution < -0.4 is 14.2 Å². The number of hydrogen-bond acceptors (Lipinski definition) is 5. The van der Waals surface area contributed by atoms with Crippen LogP contribution in [0.4, 0.5) is 0 Å². The molecule has 1 aliphatic rings. The van der Waals surface area contributed by atoms with Gasteiger partial charge in [0, 0.05) is 6.54 Å². The summed E-state index contributed by atoms with van der Waals surface area (Å²) in [5.74, 6) is 1.87. The van der Waals surface area contributed by atoms with Crippen molar-refractivity contribution in [1.82, 2.24) is 4.90 Å². The SMILES string of the molecule is COc1cccc(-c2ccc3cc(OC(=O)c4ccccc4)ccc3c2Cc2ccc(OCCN3CCCCC3)cc2)c1. The van der Waals surface area contributed by atoms with Crippen molar-refractivity contribution < 1.29 is 19.0 Å². The molecule has 218 valence electrons. The number of carbonyl (C=O) groups excluding carboxylic acids is 1. The lowest BCUT2D eigenvalue weighted by Gasteiger charge is -2.26. The Morgan fingerprint density at radius 3 is 2.33 bits per heavy atom. The first-order valence-electron chi connectivity index (χ1n) is 15.1. The molecule has 5 aromatic carbocycles. The molecule has 0 amide bonds. The van der Waals surface area contributed by atoms with Crippen LogP contribution in [0.2, 0.25) is 0 Å². The zero-order chi connectivity index (χ0) is 29.4. The molecule has 0 N–H and O–H groups in total. The first-order chi connectivity index (χ1) is 21.2. The van der Waals surface area contributed by atoms with Gasteiger partial charge in [-0.25, -0.2) is 4.79 Å². The van der Waals surface area contributed by atoms with Crippen LogP contribution in [-0.4, -0.2) is 44.2 Å². The van der Waals surface area contributed by atoms with Gasteiger partial charge in [0.25, 0.3) is 0 Å². The number of likely N-dealkylation sites (tertiary alicyclic amines) is 1. The van der Waals surface area contributed by atoms with E-state index < -0.39 is 0 Å². The van der Waals surface area contributed by atoms with Crippen LogP contribution in [0.15, 0.2) is 109 Å². The van der Waals surface area contributed by atoms with E-state index in [1.807, 2.05) is 42.5 Å². The van der Waals surface area contributed by atoms with E-state index in [-0.39, 0.29) is 5.97 Å². The Kier molecular flexibility index (Phi) is 9.00. The molecule has 0 unspecified atom stereocenters. The first kappa shape index (κ1) is 28.5. The van der Waals surface area contributed by atoms with Crippen LogP contribution in [0.3, 0.4) is 0 Å². The van der Waals surface area contributed by atoms with Gasteiger partial charge in [0.1, 0.15) is 23.9 Å². The van der Waals surface area contributed by atoms with Gasteiger partial charge in [-0.3, -0.25) is 4.90 Å². The van der Waals surface area contributed by atoms with E-state index in [1.54, 1.807) is 19.2 Å². The fraction of sp³-hybridized carbons (Fsp3) is 0.237. The number of rotatable bonds is 10. The molecule has 1 saturated heterocycles. The summed E-state index contributed by atoms with van der Waals surface area (Å²) in [5.41, 5.74) is 5.15. The molecule has 0 atom stereocenters. The number of fused-ring (bicyclic) bond motifs is 1. The summed E-state index contributed by atoms with van der Waals surface area (Å²) in [6.45, 7) is 4.05. The van der Waals surface area contributed by atoms with Gasteiger partial charge in [-0.2, -0.15) is 0 Å². The van der Waals surface area contributed by atoms with Crippen molar-refractivity contribution >= 4 is 16.7 Å². The number of carbonyl (C=O) groups is 1. The summed E-state index contributed by atoms with van der Waals surface area (Å²) >= 11 is 0. The van der Waals surface area contributed by atoms with Crippen molar-refractivity contribution in [1.29, 1.82) is 0 Å². The normalized spacial score (nSPS) is 13.5. The lowest BCUT2D eigenvalue weighted by atomic mass is 9.90. The van der Waals surface area contributed by atoms with Crippen molar-refractivity contribution in [2.24, 2.45) is 0 Å². The van der Waals surface area contributed by atoms with Crippen molar-refractivity contribution in [3.63, 3.8) is 0 Å². The minimum atomic E-state index is -0.369. The average Bonchev–Trinajstić information content (AvgIpc) is 3.06. The molecule has 5 heteroatoms. The zero-order valence-electron chi connectivity index (χ0n) is 24.6. The highest BCUT2D eigenvalue weighted by atomic mass is 16.5. The molecule has 0 spiro atoms. The molecule has 6 rings (SSSR count). The summed E-state index contributed by atoms with van der Waals surface area (Å²) in [6.07, 6.45) is 4.67. The third kappa shape index (κ3) is 7.07. The van der Waals surface area contributed by atoms with Crippen LogP contribution in [-0.2, 0) is 6.42 Å². The Labute approximate surface area is 253 Å². The van der Waals surface area contributed by atoms with Crippen molar-refractivity contribution in [3.8, 4) is 28.4 Å². The molecule has 5 aromatic rings. The van der Waals surface area contributed by atoms with E-state index in [4.69, 9.17) is 14.2 Å². The minimum Gasteiger partial charge on any atom is -0.497 e. The van der Waals surface area contributed by atoms with Crippen LogP contribution >= 0.6 is 0 Å². The van der Waals surface area contributed by atoms with E-state index in [0.29, 0.717) is 17.9 Å². The smallest absolute Gasteiger partial charge is 0.343 e. The van der Waals surface area contributed by atoms with Gasteiger partial charge in [0.15, 0.2) is 0 Å². The second-order valence-corrected chi connectivity index (χ2v) is 11.0. The number of hydrogen-bond donors (Lipinski definition) is 0. The van der Waals surface area contributed by atoms with Gasteiger partial charge in [0.2, 0.25) is 0 Å². The average molecular weight is 572 g/mol. The van der Waals surface area contributed by atoms with Gasteiger partial charge >= 0.3 is 5.97 Å². The topological polar surface area (TPSA) is 48.0 Å². The number of methoxy groups -OCH3 is 1. The summed E-state index contributed by atoms with van der Waals surface area (Å²) in [4.78, 5) is 15.2. The van der Waals surface area contributed by atoms with Crippen LogP contribution in [0.1, 0.15) is 40.7 Å². The predicted octanol–water partition coefficient (Wildman–Crippen LogP) is 8.19. The molecule has 0 saturated carbocycles. The van der Waals surface area contributed by atoms with Crippen LogP contribution in [0, 0.1) is 0 Å². The maximum absolute atomic E-state index is 12.7. The second kappa shape index (κ2) is 13.6. The maximum atomic E-state index is 12.7. The van der Waals surface area contributed by atoms with Gasteiger partial charge < -0.3 is 14.2 Å². The molecule has 0 aromatic heterocycles. The van der Waals surface area contributed by atoms with Crippen LogP contribution in [0.25, 0.3) is 21.9 Å². The summed E-state index contributed by atoms with van der Waals surface area (Å²) < 4.78 is 17.3. The third-order valence-corrected chi connectivity index (χ3v) is 8.13. The van der Waals surface area contributed by atoms with Crippen LogP contribution in [0.5, 0.6) is 17.2 Å². The Morgan fingerprint density at radius 1 is 0.744 bits per heavy atom. The lowest BCUT2D eigenvalue weighted by molar-refractivity contribution is 0.0735. The summed E-state index contributed by atoms with van der Waals surface area (Å²) in [5, 5.41) is 2.12. The molecule has 0 aliphatic carbocycles. The van der Waals surface area contributed by atoms with Gasteiger partial charge in [-0.15, -0.1) is 0 Å². The highest BCUT2D eigenvalue weighted by Gasteiger charge is 2.15. The molecular formula is C38H37NO4. The fourth-order valence-electron chi connectivity index (χ4n) is 5.81. The molecule has 1 heterocycles.